The van der Waals surface area contributed by atoms with Crippen LogP contribution in [0.1, 0.15) is 36.8 Å². The maximum Gasteiger partial charge on any atom is 0.419 e. The van der Waals surface area contributed by atoms with E-state index in [-0.39, 0.29) is 28.8 Å². The molecule has 6 nitrogen and oxygen atoms in total. The Labute approximate surface area is 135 Å². The van der Waals surface area contributed by atoms with Gasteiger partial charge in [-0.05, 0) is 26.8 Å². The number of fused-ring (bicyclic) bond motifs is 1. The molecule has 2 rings (SSSR count). The van der Waals surface area contributed by atoms with E-state index in [1.807, 2.05) is 0 Å². The fourth-order valence-corrected chi connectivity index (χ4v) is 2.17. The summed E-state index contributed by atoms with van der Waals surface area (Å²) in [6.45, 7) is 4.77. The number of aromatic nitrogens is 2. The zero-order valence-electron chi connectivity index (χ0n) is 13.4. The minimum Gasteiger partial charge on any atom is -0.479 e. The Kier molecular flexibility index (Phi) is 4.30. The molecule has 0 saturated carbocycles. The molecule has 0 amide bonds. The third-order valence-electron chi connectivity index (χ3n) is 3.03. The van der Waals surface area contributed by atoms with Crippen LogP contribution in [0.25, 0.3) is 10.9 Å². The van der Waals surface area contributed by atoms with Crippen molar-refractivity contribution in [1.82, 2.24) is 9.55 Å². The maximum absolute atomic E-state index is 13.2. The van der Waals surface area contributed by atoms with E-state index in [0.717, 1.165) is 10.6 Å². The lowest BCUT2D eigenvalue weighted by atomic mass is 10.1. The van der Waals surface area contributed by atoms with Crippen molar-refractivity contribution in [2.45, 2.75) is 32.5 Å². The van der Waals surface area contributed by atoms with Gasteiger partial charge in [-0.2, -0.15) is 13.2 Å². The SMILES string of the molecule is COc1ncc(C(F)(F)F)c2cc(C=O)n(C(=O)OC(C)(C)C)c12. The number of hydrogen-bond acceptors (Lipinski definition) is 5. The van der Waals surface area contributed by atoms with E-state index in [4.69, 9.17) is 9.47 Å². The van der Waals surface area contributed by atoms with E-state index in [1.54, 1.807) is 20.8 Å². The van der Waals surface area contributed by atoms with Gasteiger partial charge in [0.15, 0.2) is 6.29 Å². The van der Waals surface area contributed by atoms with Gasteiger partial charge in [-0.25, -0.2) is 14.3 Å². The molecular weight excluding hydrogens is 329 g/mol. The summed E-state index contributed by atoms with van der Waals surface area (Å²) in [5, 5.41) is -0.373. The molecule has 130 valence electrons. The molecule has 2 aromatic heterocycles. The highest BCUT2D eigenvalue weighted by molar-refractivity contribution is 6.00. The molecule has 0 spiro atoms. The molecule has 0 aromatic carbocycles. The lowest BCUT2D eigenvalue weighted by molar-refractivity contribution is -0.136. The first-order valence-electron chi connectivity index (χ1n) is 6.83. The minimum absolute atomic E-state index is 0.225. The first-order valence-corrected chi connectivity index (χ1v) is 6.83. The quantitative estimate of drug-likeness (QED) is 0.778. The van der Waals surface area contributed by atoms with Gasteiger partial charge < -0.3 is 9.47 Å². The second kappa shape index (κ2) is 5.81. The molecule has 0 N–H and O–H groups in total. The van der Waals surface area contributed by atoms with Crippen molar-refractivity contribution >= 4 is 23.3 Å². The largest absolute Gasteiger partial charge is 0.479 e. The topological polar surface area (TPSA) is 70.4 Å². The lowest BCUT2D eigenvalue weighted by Gasteiger charge is -2.20. The average molecular weight is 344 g/mol. The van der Waals surface area contributed by atoms with Gasteiger partial charge in [0, 0.05) is 11.6 Å². The van der Waals surface area contributed by atoms with Gasteiger partial charge in [-0.15, -0.1) is 0 Å². The van der Waals surface area contributed by atoms with Crippen molar-refractivity contribution in [3.8, 4) is 5.88 Å². The van der Waals surface area contributed by atoms with Crippen molar-refractivity contribution in [2.24, 2.45) is 0 Å². The number of pyridine rings is 1. The van der Waals surface area contributed by atoms with Crippen molar-refractivity contribution in [1.29, 1.82) is 0 Å². The molecule has 2 aromatic rings. The molecule has 2 heterocycles. The molecule has 24 heavy (non-hydrogen) atoms. The third-order valence-corrected chi connectivity index (χ3v) is 3.03. The van der Waals surface area contributed by atoms with Crippen molar-refractivity contribution in [3.63, 3.8) is 0 Å². The van der Waals surface area contributed by atoms with Gasteiger partial charge in [-0.3, -0.25) is 4.79 Å². The van der Waals surface area contributed by atoms with E-state index in [1.165, 1.54) is 7.11 Å². The van der Waals surface area contributed by atoms with E-state index in [2.05, 4.69) is 4.98 Å². The van der Waals surface area contributed by atoms with Gasteiger partial charge in [0.1, 0.15) is 11.1 Å². The Hall–Kier alpha value is -2.58. The molecule has 0 aliphatic rings. The number of alkyl halides is 3. The molecule has 0 unspecified atom stereocenters. The number of rotatable bonds is 2. The van der Waals surface area contributed by atoms with Crippen molar-refractivity contribution in [2.75, 3.05) is 7.11 Å². The number of methoxy groups -OCH3 is 1. The second-order valence-corrected chi connectivity index (χ2v) is 5.94. The fraction of sp³-hybridized carbons (Fsp3) is 0.400. The normalized spacial score (nSPS) is 12.3. The monoisotopic (exact) mass is 344 g/mol. The van der Waals surface area contributed by atoms with E-state index in [0.29, 0.717) is 6.20 Å². The zero-order valence-corrected chi connectivity index (χ0v) is 13.4. The Morgan fingerprint density at radius 1 is 1.29 bits per heavy atom. The molecule has 9 heteroatoms. The summed E-state index contributed by atoms with van der Waals surface area (Å²) in [6.07, 6.45) is -4.85. The van der Waals surface area contributed by atoms with Crippen LogP contribution in [0, 0.1) is 0 Å². The predicted octanol–water partition coefficient (Wildman–Crippen LogP) is 3.66. The van der Waals surface area contributed by atoms with E-state index < -0.39 is 23.4 Å². The standard InChI is InChI=1S/C15H15F3N2O4/c1-14(2,3)24-13(22)20-8(7-21)5-9-10(15(16,17)18)6-19-12(23-4)11(9)20/h5-7H,1-4H3. The number of nitrogens with zero attached hydrogens (tertiary/aromatic N) is 2. The molecule has 0 bridgehead atoms. The second-order valence-electron chi connectivity index (χ2n) is 5.94. The lowest BCUT2D eigenvalue weighted by Crippen LogP contribution is -2.28. The highest BCUT2D eigenvalue weighted by atomic mass is 19.4. The number of carbonyl (C=O) groups is 2. The van der Waals surface area contributed by atoms with Crippen molar-refractivity contribution < 1.29 is 32.2 Å². The van der Waals surface area contributed by atoms with Gasteiger partial charge in [-0.1, -0.05) is 0 Å². The first kappa shape index (κ1) is 17.8. The third kappa shape index (κ3) is 3.19. The summed E-state index contributed by atoms with van der Waals surface area (Å²) in [4.78, 5) is 27.2. The number of halogens is 3. The van der Waals surface area contributed by atoms with Gasteiger partial charge in [0.2, 0.25) is 5.88 Å². The van der Waals surface area contributed by atoms with Crippen LogP contribution in [0.5, 0.6) is 5.88 Å². The average Bonchev–Trinajstić information content (AvgIpc) is 2.82. The van der Waals surface area contributed by atoms with Gasteiger partial charge >= 0.3 is 12.3 Å². The molecule has 0 saturated heterocycles. The van der Waals surface area contributed by atoms with Crippen LogP contribution in [-0.2, 0) is 10.9 Å². The summed E-state index contributed by atoms with van der Waals surface area (Å²) in [6, 6.07) is 0.958. The molecule has 0 aliphatic carbocycles. The van der Waals surface area contributed by atoms with Crippen LogP contribution in [0.2, 0.25) is 0 Å². The number of carbonyl (C=O) groups excluding carboxylic acids is 2. The van der Waals surface area contributed by atoms with Crippen molar-refractivity contribution in [3.05, 3.63) is 23.5 Å². The summed E-state index contributed by atoms with van der Waals surface area (Å²) in [5.74, 6) is -0.225. The Bertz CT molecular complexity index is 804. The van der Waals surface area contributed by atoms with Crippen LogP contribution in [0.4, 0.5) is 18.0 Å². The Balaban J connectivity index is 2.83. The molecule has 0 fully saturated rings. The number of aldehydes is 1. The zero-order chi connectivity index (χ0) is 18.3. The summed E-state index contributed by atoms with van der Waals surface area (Å²) in [7, 11) is 1.20. The number of ether oxygens (including phenoxy) is 2. The Morgan fingerprint density at radius 3 is 2.38 bits per heavy atom. The summed E-state index contributed by atoms with van der Waals surface area (Å²) < 4.78 is 50.4. The van der Waals surface area contributed by atoms with Crippen LogP contribution in [0.15, 0.2) is 12.3 Å². The van der Waals surface area contributed by atoms with Gasteiger partial charge in [0.05, 0.1) is 18.4 Å². The van der Waals surface area contributed by atoms with Crippen LogP contribution in [-0.4, -0.2) is 34.6 Å². The minimum atomic E-state index is -4.71. The fourth-order valence-electron chi connectivity index (χ4n) is 2.17. The molecule has 0 radical (unpaired) electrons. The summed E-state index contributed by atoms with van der Waals surface area (Å²) in [5.41, 5.74) is -2.56. The number of hydrogen-bond donors (Lipinski definition) is 0. The first-order chi connectivity index (χ1) is 11.0. The molecule has 0 atom stereocenters. The smallest absolute Gasteiger partial charge is 0.419 e. The van der Waals surface area contributed by atoms with E-state index >= 15 is 0 Å². The maximum atomic E-state index is 13.2. The van der Waals surface area contributed by atoms with Crippen LogP contribution >= 0.6 is 0 Å². The predicted molar refractivity (Wildman–Crippen MR) is 78.3 cm³/mol. The van der Waals surface area contributed by atoms with Crippen LogP contribution < -0.4 is 4.74 Å². The van der Waals surface area contributed by atoms with Gasteiger partial charge in [0.25, 0.3) is 0 Å². The molecule has 0 aliphatic heterocycles. The summed E-state index contributed by atoms with van der Waals surface area (Å²) >= 11 is 0. The molecular formula is C15H15F3N2O4. The van der Waals surface area contributed by atoms with Crippen LogP contribution in [0.3, 0.4) is 0 Å². The highest BCUT2D eigenvalue weighted by Gasteiger charge is 2.36. The highest BCUT2D eigenvalue weighted by Crippen LogP contribution is 2.38. The van der Waals surface area contributed by atoms with E-state index in [9.17, 15) is 22.8 Å². The Morgan fingerprint density at radius 2 is 1.92 bits per heavy atom.